The van der Waals surface area contributed by atoms with Gasteiger partial charge in [-0.05, 0) is 79.5 Å². The fraction of sp³-hybridized carbons (Fsp3) is 0.391. The van der Waals surface area contributed by atoms with E-state index < -0.39 is 0 Å². The Morgan fingerprint density at radius 3 is 2.60 bits per heavy atom. The number of rotatable bonds is 4. The standard InChI is InChI=1S/C23H25N5O2/c29-22(18-5-4-16-2-1-3-17(16)12-18)24-14-15-8-10-28(11-9-15)23(30)19-6-7-20-21(13-19)26-27-25-20/h4-7,12-13,15H,1-3,8-11,14H2,(H,24,29)(H,25,26,27). The molecule has 154 valence electrons. The summed E-state index contributed by atoms with van der Waals surface area (Å²) in [7, 11) is 0. The Labute approximate surface area is 174 Å². The van der Waals surface area contributed by atoms with Crippen molar-refractivity contribution in [2.75, 3.05) is 19.6 Å². The molecule has 1 aliphatic heterocycles. The molecule has 2 amide bonds. The Morgan fingerprint density at radius 1 is 0.967 bits per heavy atom. The Balaban J connectivity index is 1.13. The van der Waals surface area contributed by atoms with E-state index in [4.69, 9.17) is 0 Å². The zero-order valence-electron chi connectivity index (χ0n) is 16.9. The van der Waals surface area contributed by atoms with Crippen LogP contribution in [0.25, 0.3) is 11.0 Å². The molecule has 5 rings (SSSR count). The number of aryl methyl sites for hydroxylation is 2. The van der Waals surface area contributed by atoms with Crippen LogP contribution in [-0.4, -0.2) is 51.8 Å². The summed E-state index contributed by atoms with van der Waals surface area (Å²) in [5.41, 5.74) is 5.55. The molecule has 0 atom stereocenters. The van der Waals surface area contributed by atoms with Crippen LogP contribution in [0.2, 0.25) is 0 Å². The molecule has 0 saturated carbocycles. The maximum atomic E-state index is 12.8. The molecule has 2 aromatic carbocycles. The minimum absolute atomic E-state index is 0.00382. The molecule has 1 fully saturated rings. The van der Waals surface area contributed by atoms with E-state index in [1.807, 2.05) is 23.1 Å². The van der Waals surface area contributed by atoms with Crippen molar-refractivity contribution in [1.82, 2.24) is 25.6 Å². The molecule has 0 radical (unpaired) electrons. The molecule has 1 saturated heterocycles. The summed E-state index contributed by atoms with van der Waals surface area (Å²) >= 11 is 0. The first kappa shape index (κ1) is 18.8. The van der Waals surface area contributed by atoms with Crippen molar-refractivity contribution in [2.24, 2.45) is 5.92 Å². The summed E-state index contributed by atoms with van der Waals surface area (Å²) in [4.78, 5) is 27.2. The van der Waals surface area contributed by atoms with Gasteiger partial charge >= 0.3 is 0 Å². The van der Waals surface area contributed by atoms with Crippen LogP contribution >= 0.6 is 0 Å². The first-order valence-corrected chi connectivity index (χ1v) is 10.7. The van der Waals surface area contributed by atoms with Crippen LogP contribution in [0.1, 0.15) is 51.1 Å². The number of hydrogen-bond acceptors (Lipinski definition) is 4. The smallest absolute Gasteiger partial charge is 0.253 e. The van der Waals surface area contributed by atoms with Gasteiger partial charge in [0.25, 0.3) is 11.8 Å². The van der Waals surface area contributed by atoms with Crippen LogP contribution in [0.5, 0.6) is 0 Å². The first-order chi connectivity index (χ1) is 14.7. The highest BCUT2D eigenvalue weighted by atomic mass is 16.2. The molecule has 0 spiro atoms. The lowest BCUT2D eigenvalue weighted by atomic mass is 9.96. The third kappa shape index (κ3) is 3.67. The van der Waals surface area contributed by atoms with E-state index in [0.29, 0.717) is 36.6 Å². The van der Waals surface area contributed by atoms with Crippen molar-refractivity contribution in [3.05, 3.63) is 58.7 Å². The monoisotopic (exact) mass is 403 g/mol. The molecule has 1 aliphatic carbocycles. The second-order valence-electron chi connectivity index (χ2n) is 8.31. The molecular formula is C23H25N5O2. The van der Waals surface area contributed by atoms with Gasteiger partial charge in [-0.2, -0.15) is 15.4 Å². The first-order valence-electron chi connectivity index (χ1n) is 10.7. The maximum absolute atomic E-state index is 12.8. The molecule has 2 aliphatic rings. The third-order valence-electron chi connectivity index (χ3n) is 6.38. The number of likely N-dealkylation sites (tertiary alicyclic amines) is 1. The Morgan fingerprint density at radius 2 is 1.73 bits per heavy atom. The van der Waals surface area contributed by atoms with Crippen LogP contribution in [0, 0.1) is 5.92 Å². The number of hydrogen-bond donors (Lipinski definition) is 2. The van der Waals surface area contributed by atoms with Gasteiger partial charge in [0.05, 0.1) is 0 Å². The van der Waals surface area contributed by atoms with E-state index in [0.717, 1.165) is 36.8 Å². The van der Waals surface area contributed by atoms with E-state index in [1.165, 1.54) is 17.5 Å². The van der Waals surface area contributed by atoms with Gasteiger partial charge in [-0.15, -0.1) is 0 Å². The number of aromatic amines is 1. The van der Waals surface area contributed by atoms with Crippen molar-refractivity contribution in [2.45, 2.75) is 32.1 Å². The fourth-order valence-electron chi connectivity index (χ4n) is 4.55. The van der Waals surface area contributed by atoms with Crippen LogP contribution in [0.3, 0.4) is 0 Å². The largest absolute Gasteiger partial charge is 0.352 e. The lowest BCUT2D eigenvalue weighted by molar-refractivity contribution is 0.0684. The topological polar surface area (TPSA) is 91.0 Å². The van der Waals surface area contributed by atoms with Crippen LogP contribution in [-0.2, 0) is 12.8 Å². The minimum Gasteiger partial charge on any atom is -0.352 e. The number of nitrogens with one attached hydrogen (secondary N) is 2. The average molecular weight is 403 g/mol. The summed E-state index contributed by atoms with van der Waals surface area (Å²) in [5, 5.41) is 13.7. The number of aromatic nitrogens is 3. The van der Waals surface area contributed by atoms with Gasteiger partial charge in [0.15, 0.2) is 0 Å². The van der Waals surface area contributed by atoms with Crippen LogP contribution in [0.4, 0.5) is 0 Å². The average Bonchev–Trinajstić information content (AvgIpc) is 3.45. The molecule has 30 heavy (non-hydrogen) atoms. The summed E-state index contributed by atoms with van der Waals surface area (Å²) in [5.74, 6) is 0.426. The lowest BCUT2D eigenvalue weighted by Crippen LogP contribution is -2.41. The minimum atomic E-state index is 0.00382. The Bertz CT molecular complexity index is 1100. The molecule has 2 N–H and O–H groups in total. The van der Waals surface area contributed by atoms with Crippen molar-refractivity contribution in [1.29, 1.82) is 0 Å². The molecule has 1 aromatic heterocycles. The molecule has 7 nitrogen and oxygen atoms in total. The summed E-state index contributed by atoms with van der Waals surface area (Å²) in [6.45, 7) is 2.06. The molecular weight excluding hydrogens is 378 g/mol. The number of nitrogens with zero attached hydrogens (tertiary/aromatic N) is 3. The Hall–Kier alpha value is -3.22. The van der Waals surface area contributed by atoms with E-state index in [2.05, 4.69) is 26.8 Å². The number of piperidine rings is 1. The van der Waals surface area contributed by atoms with Crippen molar-refractivity contribution >= 4 is 22.8 Å². The Kier molecular flexibility index (Phi) is 4.94. The molecule has 0 unspecified atom stereocenters. The van der Waals surface area contributed by atoms with Gasteiger partial charge in [0.1, 0.15) is 11.0 Å². The summed E-state index contributed by atoms with van der Waals surface area (Å²) in [6, 6.07) is 11.5. The van der Waals surface area contributed by atoms with Gasteiger partial charge < -0.3 is 10.2 Å². The predicted octanol–water partition coefficient (Wildman–Crippen LogP) is 2.73. The number of amides is 2. The van der Waals surface area contributed by atoms with Gasteiger partial charge in [-0.1, -0.05) is 6.07 Å². The van der Waals surface area contributed by atoms with E-state index in [1.54, 1.807) is 12.1 Å². The number of fused-ring (bicyclic) bond motifs is 2. The summed E-state index contributed by atoms with van der Waals surface area (Å²) < 4.78 is 0. The van der Waals surface area contributed by atoms with E-state index >= 15 is 0 Å². The number of benzene rings is 2. The van der Waals surface area contributed by atoms with Crippen molar-refractivity contribution in [3.63, 3.8) is 0 Å². The highest BCUT2D eigenvalue weighted by Gasteiger charge is 2.24. The van der Waals surface area contributed by atoms with E-state index in [-0.39, 0.29) is 11.8 Å². The van der Waals surface area contributed by atoms with Crippen LogP contribution in [0.15, 0.2) is 36.4 Å². The third-order valence-corrected chi connectivity index (χ3v) is 6.38. The number of carbonyl (C=O) groups excluding carboxylic acids is 2. The number of carbonyl (C=O) groups is 2. The van der Waals surface area contributed by atoms with Gasteiger partial charge in [-0.25, -0.2) is 0 Å². The second-order valence-corrected chi connectivity index (χ2v) is 8.31. The molecule has 0 bridgehead atoms. The van der Waals surface area contributed by atoms with Gasteiger partial charge in [0.2, 0.25) is 0 Å². The highest BCUT2D eigenvalue weighted by Crippen LogP contribution is 2.23. The SMILES string of the molecule is O=C(NCC1CCN(C(=O)c2ccc3n[nH]nc3c2)CC1)c1ccc2c(c1)CCC2. The summed E-state index contributed by atoms with van der Waals surface area (Å²) in [6.07, 6.45) is 5.17. The molecule has 2 heterocycles. The normalized spacial score (nSPS) is 16.6. The zero-order chi connectivity index (χ0) is 20.5. The van der Waals surface area contributed by atoms with Crippen molar-refractivity contribution < 1.29 is 9.59 Å². The zero-order valence-corrected chi connectivity index (χ0v) is 16.9. The van der Waals surface area contributed by atoms with E-state index in [9.17, 15) is 9.59 Å². The van der Waals surface area contributed by atoms with Crippen LogP contribution < -0.4 is 5.32 Å². The molecule has 7 heteroatoms. The second kappa shape index (κ2) is 7.89. The lowest BCUT2D eigenvalue weighted by Gasteiger charge is -2.32. The predicted molar refractivity (Wildman–Crippen MR) is 113 cm³/mol. The maximum Gasteiger partial charge on any atom is 0.253 e. The fourth-order valence-corrected chi connectivity index (χ4v) is 4.55. The number of H-pyrrole nitrogens is 1. The molecule has 3 aromatic rings. The van der Waals surface area contributed by atoms with Crippen molar-refractivity contribution in [3.8, 4) is 0 Å². The quantitative estimate of drug-likeness (QED) is 0.701. The highest BCUT2D eigenvalue weighted by molar-refractivity contribution is 5.97. The van der Waals surface area contributed by atoms with Gasteiger partial charge in [-0.3, -0.25) is 9.59 Å². The van der Waals surface area contributed by atoms with Gasteiger partial charge in [0, 0.05) is 30.8 Å².